The van der Waals surface area contributed by atoms with Gasteiger partial charge in [0, 0.05) is 29.8 Å². The summed E-state index contributed by atoms with van der Waals surface area (Å²) in [7, 11) is -1.31. The average Bonchev–Trinajstić information content (AvgIpc) is 3.61. The first kappa shape index (κ1) is 32.4. The molecule has 0 saturated carbocycles. The fourth-order valence-electron chi connectivity index (χ4n) is 5.81. The molecule has 7 aromatic rings. The summed E-state index contributed by atoms with van der Waals surface area (Å²) in [5.41, 5.74) is 2.69. The van der Waals surface area contributed by atoms with Crippen LogP contribution in [-0.2, 0) is 17.1 Å². The van der Waals surface area contributed by atoms with Gasteiger partial charge in [0.05, 0.1) is 26.9 Å². The van der Waals surface area contributed by atoms with Crippen molar-refractivity contribution in [2.24, 2.45) is 7.05 Å². The normalized spacial score (nSPS) is 11.7. The van der Waals surface area contributed by atoms with Crippen molar-refractivity contribution in [2.75, 3.05) is 16.7 Å². The minimum Gasteiger partial charge on any atom is -0.436 e. The van der Waals surface area contributed by atoms with E-state index in [2.05, 4.69) is 26.2 Å². The number of hydrogen-bond acceptors (Lipinski definition) is 6. The SMILES string of the molecule is Cc1c(N(C)S(=O)(=O)c2ccc(Cl)c(C(=O)Nc3ccc4oc(-c5cccc6c(Br)cccc56)nc4c3)c2)c(=O)n(-c2ccccc2)n1C. The van der Waals surface area contributed by atoms with Crippen molar-refractivity contribution in [3.05, 3.63) is 134 Å². The second-order valence-corrected chi connectivity index (χ2v) is 14.6. The zero-order valence-electron chi connectivity index (χ0n) is 26.3. The number of aromatic nitrogens is 3. The molecule has 49 heavy (non-hydrogen) atoms. The summed E-state index contributed by atoms with van der Waals surface area (Å²) in [6, 6.07) is 29.6. The molecule has 0 radical (unpaired) electrons. The topological polar surface area (TPSA) is 119 Å². The van der Waals surface area contributed by atoms with E-state index in [-0.39, 0.29) is 21.2 Å². The van der Waals surface area contributed by atoms with Crippen LogP contribution in [0.5, 0.6) is 0 Å². The second kappa shape index (κ2) is 12.4. The van der Waals surface area contributed by atoms with E-state index < -0.39 is 21.5 Å². The van der Waals surface area contributed by atoms with E-state index >= 15 is 0 Å². The van der Waals surface area contributed by atoms with E-state index in [9.17, 15) is 18.0 Å². The van der Waals surface area contributed by atoms with Crippen LogP contribution in [0.15, 0.2) is 122 Å². The highest BCUT2D eigenvalue weighted by atomic mass is 79.9. The largest absolute Gasteiger partial charge is 0.436 e. The van der Waals surface area contributed by atoms with E-state index in [0.29, 0.717) is 34.1 Å². The molecule has 1 N–H and O–H groups in total. The van der Waals surface area contributed by atoms with Gasteiger partial charge in [-0.25, -0.2) is 18.1 Å². The number of halogens is 2. The van der Waals surface area contributed by atoms with Crippen molar-refractivity contribution in [3.63, 3.8) is 0 Å². The van der Waals surface area contributed by atoms with Gasteiger partial charge >= 0.3 is 0 Å². The molecule has 0 unspecified atom stereocenters. The number of carbonyl (C=O) groups is 1. The predicted octanol–water partition coefficient (Wildman–Crippen LogP) is 7.94. The molecule has 2 aromatic heterocycles. The molecule has 5 aromatic carbocycles. The number of sulfonamides is 1. The Hall–Kier alpha value is -5.17. The van der Waals surface area contributed by atoms with Crippen LogP contribution in [0.2, 0.25) is 5.02 Å². The lowest BCUT2D eigenvalue weighted by molar-refractivity contribution is 0.102. The van der Waals surface area contributed by atoms with Crippen LogP contribution >= 0.6 is 27.5 Å². The fourth-order valence-corrected chi connectivity index (χ4v) is 7.79. The molecule has 246 valence electrons. The average molecular weight is 757 g/mol. The van der Waals surface area contributed by atoms with Crippen molar-refractivity contribution in [3.8, 4) is 17.1 Å². The van der Waals surface area contributed by atoms with Crippen LogP contribution < -0.4 is 15.2 Å². The van der Waals surface area contributed by atoms with E-state index in [1.54, 1.807) is 61.1 Å². The zero-order valence-corrected chi connectivity index (χ0v) is 29.5. The Morgan fingerprint density at radius 2 is 1.67 bits per heavy atom. The third-order valence-corrected chi connectivity index (χ3v) is 11.2. The summed E-state index contributed by atoms with van der Waals surface area (Å²) < 4.78 is 38.7. The summed E-state index contributed by atoms with van der Waals surface area (Å²) in [5, 5.41) is 4.83. The van der Waals surface area contributed by atoms with Gasteiger partial charge in [0.1, 0.15) is 11.2 Å². The van der Waals surface area contributed by atoms with Crippen LogP contribution in [0, 0.1) is 6.92 Å². The predicted molar refractivity (Wildman–Crippen MR) is 195 cm³/mol. The Morgan fingerprint density at radius 3 is 2.45 bits per heavy atom. The first-order chi connectivity index (χ1) is 23.5. The minimum absolute atomic E-state index is 0.0243. The van der Waals surface area contributed by atoms with E-state index in [1.807, 2.05) is 42.5 Å². The van der Waals surface area contributed by atoms with Crippen LogP contribution in [0.4, 0.5) is 11.4 Å². The molecule has 0 spiro atoms. The Balaban J connectivity index is 1.18. The van der Waals surface area contributed by atoms with Gasteiger partial charge in [0.15, 0.2) is 5.58 Å². The molecule has 0 aliphatic carbocycles. The number of anilines is 2. The van der Waals surface area contributed by atoms with Gasteiger partial charge in [-0.2, -0.15) is 0 Å². The van der Waals surface area contributed by atoms with Crippen LogP contribution in [0.3, 0.4) is 0 Å². The highest BCUT2D eigenvalue weighted by Gasteiger charge is 2.30. The molecule has 0 bridgehead atoms. The number of benzene rings is 5. The van der Waals surface area contributed by atoms with Crippen molar-refractivity contribution >= 4 is 76.7 Å². The van der Waals surface area contributed by atoms with Crippen molar-refractivity contribution in [2.45, 2.75) is 11.8 Å². The van der Waals surface area contributed by atoms with E-state index in [0.717, 1.165) is 25.1 Å². The molecule has 0 aliphatic rings. The number of amides is 1. The van der Waals surface area contributed by atoms with Crippen LogP contribution in [0.1, 0.15) is 16.1 Å². The molecule has 1 amide bonds. The number of carbonyl (C=O) groups excluding carboxylic acids is 1. The molecular formula is C36H27BrClN5O5S. The highest BCUT2D eigenvalue weighted by molar-refractivity contribution is 9.10. The van der Waals surface area contributed by atoms with E-state index in [4.69, 9.17) is 16.0 Å². The molecule has 13 heteroatoms. The van der Waals surface area contributed by atoms with Gasteiger partial charge in [0.25, 0.3) is 21.5 Å². The lowest BCUT2D eigenvalue weighted by Crippen LogP contribution is -2.32. The Kier molecular flexibility index (Phi) is 8.18. The van der Waals surface area contributed by atoms with Gasteiger partial charge < -0.3 is 9.73 Å². The summed E-state index contributed by atoms with van der Waals surface area (Å²) >= 11 is 10.0. The molecule has 7 rings (SSSR count). The Morgan fingerprint density at radius 1 is 0.939 bits per heavy atom. The van der Waals surface area contributed by atoms with Gasteiger partial charge in [-0.05, 0) is 78.4 Å². The first-order valence-electron chi connectivity index (χ1n) is 15.0. The maximum atomic E-state index is 13.9. The molecule has 2 heterocycles. The van der Waals surface area contributed by atoms with Crippen LogP contribution in [0.25, 0.3) is 39.0 Å². The lowest BCUT2D eigenvalue weighted by atomic mass is 10.0. The number of hydrogen-bond donors (Lipinski definition) is 1. The summed E-state index contributed by atoms with van der Waals surface area (Å²) in [5.74, 6) is -0.203. The maximum absolute atomic E-state index is 13.9. The quantitative estimate of drug-likeness (QED) is 0.176. The number of fused-ring (bicyclic) bond motifs is 2. The molecular weight excluding hydrogens is 730 g/mol. The maximum Gasteiger partial charge on any atom is 0.296 e. The van der Waals surface area contributed by atoms with Crippen molar-refractivity contribution < 1.29 is 17.6 Å². The van der Waals surface area contributed by atoms with Gasteiger partial charge in [-0.1, -0.05) is 70.0 Å². The third kappa shape index (κ3) is 5.61. The summed E-state index contributed by atoms with van der Waals surface area (Å²) in [6.45, 7) is 1.67. The Bertz CT molecular complexity index is 2610. The number of rotatable bonds is 7. The van der Waals surface area contributed by atoms with E-state index in [1.165, 1.54) is 29.9 Å². The molecule has 0 aliphatic heterocycles. The standard InChI is InChI=1S/C36H27BrClN5O5S/c1-21-33(36(45)43(41(21)2)23-9-5-4-6-10-23)42(3)49(46,47)24-16-17-30(38)28(20-24)34(44)39-22-15-18-32-31(19-22)40-35(48-32)27-13-7-12-26-25(27)11-8-14-29(26)37/h4-20H,1-3H3,(H,39,44). The number of oxazole rings is 1. The van der Waals surface area contributed by atoms with Crippen molar-refractivity contribution in [1.82, 2.24) is 14.3 Å². The Labute approximate surface area is 294 Å². The molecule has 0 fully saturated rings. The number of nitrogens with one attached hydrogen (secondary N) is 1. The summed E-state index contributed by atoms with van der Waals surface area (Å²) in [4.78, 5) is 31.5. The summed E-state index contributed by atoms with van der Waals surface area (Å²) in [6.07, 6.45) is 0. The van der Waals surface area contributed by atoms with Crippen molar-refractivity contribution in [1.29, 1.82) is 0 Å². The molecule has 0 atom stereocenters. The number of nitrogens with zero attached hydrogens (tertiary/aromatic N) is 4. The molecule has 10 nitrogen and oxygen atoms in total. The fraction of sp³-hybridized carbons (Fsp3) is 0.0833. The van der Waals surface area contributed by atoms with Gasteiger partial charge in [-0.15, -0.1) is 0 Å². The zero-order chi connectivity index (χ0) is 34.6. The smallest absolute Gasteiger partial charge is 0.296 e. The lowest BCUT2D eigenvalue weighted by Gasteiger charge is -2.19. The van der Waals surface area contributed by atoms with Gasteiger partial charge in [-0.3, -0.25) is 18.6 Å². The highest BCUT2D eigenvalue weighted by Crippen LogP contribution is 2.34. The number of para-hydroxylation sites is 1. The third-order valence-electron chi connectivity index (χ3n) is 8.42. The van der Waals surface area contributed by atoms with Gasteiger partial charge in [0.2, 0.25) is 5.89 Å². The molecule has 0 saturated heterocycles. The second-order valence-electron chi connectivity index (χ2n) is 11.3. The monoisotopic (exact) mass is 755 g/mol. The van der Waals surface area contributed by atoms with Crippen LogP contribution in [-0.4, -0.2) is 35.7 Å². The first-order valence-corrected chi connectivity index (χ1v) is 17.6. The minimum atomic E-state index is -4.30.